The van der Waals surface area contributed by atoms with Crippen molar-refractivity contribution in [2.45, 2.75) is 19.8 Å². The second-order valence-electron chi connectivity index (χ2n) is 3.42. The van der Waals surface area contributed by atoms with Crippen LogP contribution in [0.3, 0.4) is 0 Å². The van der Waals surface area contributed by atoms with Crippen molar-refractivity contribution in [2.75, 3.05) is 5.32 Å². The Bertz CT molecular complexity index is 437. The molecule has 0 fully saturated rings. The van der Waals surface area contributed by atoms with Gasteiger partial charge in [-0.3, -0.25) is 4.79 Å². The summed E-state index contributed by atoms with van der Waals surface area (Å²) in [5, 5.41) is 11.6. The fourth-order valence-corrected chi connectivity index (χ4v) is 1.83. The molecule has 1 aromatic rings. The van der Waals surface area contributed by atoms with Crippen LogP contribution in [0.5, 0.6) is 0 Å². The Kier molecular flexibility index (Phi) is 4.78. The van der Waals surface area contributed by atoms with Crippen molar-refractivity contribution >= 4 is 40.8 Å². The molecule has 0 aliphatic heterocycles. The van der Waals surface area contributed by atoms with E-state index in [1.165, 1.54) is 12.1 Å². The number of aromatic carboxylic acids is 1. The second-order valence-corrected chi connectivity index (χ2v) is 4.23. The molecular weight excluding hydrogens is 265 g/mol. The fourth-order valence-electron chi connectivity index (χ4n) is 1.25. The number of anilines is 1. The zero-order valence-electron chi connectivity index (χ0n) is 9.09. The largest absolute Gasteiger partial charge is 0.478 e. The van der Waals surface area contributed by atoms with Crippen molar-refractivity contribution in [3.63, 3.8) is 0 Å². The minimum atomic E-state index is -1.12. The summed E-state index contributed by atoms with van der Waals surface area (Å²) in [5.74, 6) is -1.33. The summed E-state index contributed by atoms with van der Waals surface area (Å²) in [4.78, 5) is 22.1. The second kappa shape index (κ2) is 5.89. The lowest BCUT2D eigenvalue weighted by Crippen LogP contribution is -2.12. The molecule has 92 valence electrons. The Morgan fingerprint density at radius 3 is 2.24 bits per heavy atom. The molecule has 0 aliphatic carbocycles. The summed E-state index contributed by atoms with van der Waals surface area (Å²) in [7, 11) is 0. The maximum atomic E-state index is 11.4. The summed E-state index contributed by atoms with van der Waals surface area (Å²) < 4.78 is 0. The number of carboxylic acid groups (broad SMARTS) is 1. The third-order valence-electron chi connectivity index (χ3n) is 2.03. The van der Waals surface area contributed by atoms with E-state index in [9.17, 15) is 9.59 Å². The zero-order chi connectivity index (χ0) is 13.0. The predicted octanol–water partition coefficient (Wildman–Crippen LogP) is 3.43. The van der Waals surface area contributed by atoms with E-state index in [4.69, 9.17) is 28.3 Å². The molecule has 0 saturated carbocycles. The van der Waals surface area contributed by atoms with Crippen LogP contribution in [-0.4, -0.2) is 17.0 Å². The molecular formula is C11H11Cl2NO3. The number of carbonyl (C=O) groups is 2. The summed E-state index contributed by atoms with van der Waals surface area (Å²) >= 11 is 11.7. The van der Waals surface area contributed by atoms with Gasteiger partial charge in [0.1, 0.15) is 0 Å². The monoisotopic (exact) mass is 275 g/mol. The molecule has 17 heavy (non-hydrogen) atoms. The number of halogens is 2. The number of carboxylic acids is 1. The van der Waals surface area contributed by atoms with Crippen LogP contribution in [0, 0.1) is 0 Å². The molecule has 1 rings (SSSR count). The summed E-state index contributed by atoms with van der Waals surface area (Å²) in [6, 6.07) is 2.49. The van der Waals surface area contributed by atoms with Crippen molar-refractivity contribution in [1.29, 1.82) is 0 Å². The quantitative estimate of drug-likeness (QED) is 0.885. The van der Waals surface area contributed by atoms with Crippen LogP contribution in [0.15, 0.2) is 12.1 Å². The van der Waals surface area contributed by atoms with Gasteiger partial charge in [0, 0.05) is 6.42 Å². The van der Waals surface area contributed by atoms with E-state index in [1.54, 1.807) is 0 Å². The van der Waals surface area contributed by atoms with Gasteiger partial charge < -0.3 is 10.4 Å². The molecule has 0 saturated heterocycles. The van der Waals surface area contributed by atoms with Gasteiger partial charge in [0.25, 0.3) is 0 Å². The SMILES string of the molecule is CCCC(=O)Nc1c(Cl)cc(C(=O)O)cc1Cl. The standard InChI is InChI=1S/C11H11Cl2NO3/c1-2-3-9(15)14-10-7(12)4-6(11(16)17)5-8(10)13/h4-5H,2-3H2,1H3,(H,14,15)(H,16,17). The smallest absolute Gasteiger partial charge is 0.335 e. The number of benzene rings is 1. The molecule has 0 unspecified atom stereocenters. The number of rotatable bonds is 4. The molecule has 1 amide bonds. The number of hydrogen-bond donors (Lipinski definition) is 2. The van der Waals surface area contributed by atoms with E-state index >= 15 is 0 Å². The Balaban J connectivity index is 3.01. The number of carbonyl (C=O) groups excluding carboxylic acids is 1. The molecule has 0 aromatic heterocycles. The normalized spacial score (nSPS) is 10.1. The van der Waals surface area contributed by atoms with Crippen LogP contribution in [0.2, 0.25) is 10.0 Å². The van der Waals surface area contributed by atoms with Gasteiger partial charge in [-0.1, -0.05) is 30.1 Å². The number of nitrogens with one attached hydrogen (secondary N) is 1. The lowest BCUT2D eigenvalue weighted by atomic mass is 10.2. The Morgan fingerprint density at radius 1 is 1.29 bits per heavy atom. The minimum absolute atomic E-state index is 0.0199. The van der Waals surface area contributed by atoms with E-state index in [0.29, 0.717) is 12.8 Å². The molecule has 2 N–H and O–H groups in total. The van der Waals surface area contributed by atoms with Crippen molar-refractivity contribution in [2.24, 2.45) is 0 Å². The average Bonchev–Trinajstić information content (AvgIpc) is 2.23. The van der Waals surface area contributed by atoms with Gasteiger partial charge in [-0.2, -0.15) is 0 Å². The summed E-state index contributed by atoms with van der Waals surface area (Å²) in [6.45, 7) is 1.87. The van der Waals surface area contributed by atoms with E-state index in [-0.39, 0.29) is 27.2 Å². The third-order valence-corrected chi connectivity index (χ3v) is 2.63. The molecule has 0 aliphatic rings. The molecule has 4 nitrogen and oxygen atoms in total. The Labute approximate surface area is 109 Å². The van der Waals surface area contributed by atoms with Gasteiger partial charge in [-0.05, 0) is 18.6 Å². The number of amides is 1. The minimum Gasteiger partial charge on any atom is -0.478 e. The van der Waals surface area contributed by atoms with Gasteiger partial charge >= 0.3 is 5.97 Å². The highest BCUT2D eigenvalue weighted by molar-refractivity contribution is 6.40. The third kappa shape index (κ3) is 3.61. The highest BCUT2D eigenvalue weighted by atomic mass is 35.5. The molecule has 0 bridgehead atoms. The molecule has 0 radical (unpaired) electrons. The Morgan fingerprint density at radius 2 is 1.82 bits per heavy atom. The number of hydrogen-bond acceptors (Lipinski definition) is 2. The average molecular weight is 276 g/mol. The Hall–Kier alpha value is -1.26. The zero-order valence-corrected chi connectivity index (χ0v) is 10.6. The lowest BCUT2D eigenvalue weighted by molar-refractivity contribution is -0.116. The lowest BCUT2D eigenvalue weighted by Gasteiger charge is -2.09. The van der Waals surface area contributed by atoms with Gasteiger partial charge in [0.2, 0.25) is 5.91 Å². The van der Waals surface area contributed by atoms with Crippen molar-refractivity contribution in [1.82, 2.24) is 0 Å². The van der Waals surface area contributed by atoms with E-state index < -0.39 is 5.97 Å². The van der Waals surface area contributed by atoms with Crippen molar-refractivity contribution < 1.29 is 14.7 Å². The van der Waals surface area contributed by atoms with Crippen molar-refractivity contribution in [3.8, 4) is 0 Å². The summed E-state index contributed by atoms with van der Waals surface area (Å²) in [6.07, 6.45) is 1.06. The molecule has 0 spiro atoms. The first-order valence-corrected chi connectivity index (χ1v) is 5.73. The van der Waals surface area contributed by atoms with Crippen LogP contribution in [0.4, 0.5) is 5.69 Å². The van der Waals surface area contributed by atoms with Gasteiger partial charge in [0.05, 0.1) is 21.3 Å². The van der Waals surface area contributed by atoms with E-state index in [2.05, 4.69) is 5.32 Å². The van der Waals surface area contributed by atoms with Crippen LogP contribution in [-0.2, 0) is 4.79 Å². The first-order valence-electron chi connectivity index (χ1n) is 4.98. The first kappa shape index (κ1) is 13.8. The first-order chi connectivity index (χ1) is 7.95. The summed E-state index contributed by atoms with van der Waals surface area (Å²) in [5.41, 5.74) is 0.227. The van der Waals surface area contributed by atoms with Gasteiger partial charge in [-0.15, -0.1) is 0 Å². The maximum Gasteiger partial charge on any atom is 0.335 e. The predicted molar refractivity (Wildman–Crippen MR) is 67.0 cm³/mol. The van der Waals surface area contributed by atoms with Crippen LogP contribution in [0.1, 0.15) is 30.1 Å². The van der Waals surface area contributed by atoms with Gasteiger partial charge in [-0.25, -0.2) is 4.79 Å². The van der Waals surface area contributed by atoms with Crippen molar-refractivity contribution in [3.05, 3.63) is 27.7 Å². The van der Waals surface area contributed by atoms with Gasteiger partial charge in [0.15, 0.2) is 0 Å². The van der Waals surface area contributed by atoms with Crippen LogP contribution >= 0.6 is 23.2 Å². The topological polar surface area (TPSA) is 66.4 Å². The molecule has 0 atom stereocenters. The van der Waals surface area contributed by atoms with Crippen LogP contribution < -0.4 is 5.32 Å². The molecule has 1 aromatic carbocycles. The van der Waals surface area contributed by atoms with E-state index in [0.717, 1.165) is 0 Å². The fraction of sp³-hybridized carbons (Fsp3) is 0.273. The van der Waals surface area contributed by atoms with E-state index in [1.807, 2.05) is 6.92 Å². The maximum absolute atomic E-state index is 11.4. The highest BCUT2D eigenvalue weighted by Gasteiger charge is 2.13. The highest BCUT2D eigenvalue weighted by Crippen LogP contribution is 2.32. The van der Waals surface area contributed by atoms with Crippen LogP contribution in [0.25, 0.3) is 0 Å². The molecule has 6 heteroatoms. The molecule has 0 heterocycles.